The van der Waals surface area contributed by atoms with Crippen molar-refractivity contribution in [3.05, 3.63) is 33.4 Å². The first-order chi connectivity index (χ1) is 12.0. The number of hydrogen-bond donors (Lipinski definition) is 3. The van der Waals surface area contributed by atoms with Crippen LogP contribution in [0.5, 0.6) is 0 Å². The fourth-order valence-corrected chi connectivity index (χ4v) is 4.43. The monoisotopic (exact) mass is 343 g/mol. The van der Waals surface area contributed by atoms with Crippen molar-refractivity contribution in [3.63, 3.8) is 0 Å². The minimum Gasteiger partial charge on any atom is -0.351 e. The van der Waals surface area contributed by atoms with Crippen molar-refractivity contribution in [2.75, 3.05) is 0 Å². The first-order valence-corrected chi connectivity index (χ1v) is 9.14. The smallest absolute Gasteiger partial charge is 0.266 e. The molecule has 0 bridgehead atoms. The van der Waals surface area contributed by atoms with E-state index >= 15 is 0 Å². The summed E-state index contributed by atoms with van der Waals surface area (Å²) in [5.41, 5.74) is 3.12. The highest BCUT2D eigenvalue weighted by molar-refractivity contribution is 5.82. The molecule has 7 heteroatoms. The molecular weight excluding hydrogens is 318 g/mol. The van der Waals surface area contributed by atoms with E-state index in [9.17, 15) is 9.59 Å². The highest BCUT2D eigenvalue weighted by Gasteiger charge is 2.38. The second-order valence-corrected chi connectivity index (χ2v) is 7.40. The molecule has 1 saturated carbocycles. The molecule has 134 valence electrons. The molecule has 0 radical (unpaired) electrons. The molecule has 3 unspecified atom stereocenters. The van der Waals surface area contributed by atoms with Crippen LogP contribution in [-0.4, -0.2) is 32.6 Å². The number of amides is 1. The third-order valence-corrected chi connectivity index (χ3v) is 5.82. The Morgan fingerprint density at radius 1 is 1.36 bits per heavy atom. The Morgan fingerprint density at radius 2 is 2.16 bits per heavy atom. The van der Waals surface area contributed by atoms with Crippen LogP contribution in [0.1, 0.15) is 49.1 Å². The predicted octanol–water partition coefficient (Wildman–Crippen LogP) is 1.18. The molecule has 3 heterocycles. The summed E-state index contributed by atoms with van der Waals surface area (Å²) in [6.07, 6.45) is 5.92. The number of carbonyl (C=O) groups is 1. The van der Waals surface area contributed by atoms with Crippen LogP contribution >= 0.6 is 0 Å². The van der Waals surface area contributed by atoms with Gasteiger partial charge in [-0.2, -0.15) is 0 Å². The van der Waals surface area contributed by atoms with Gasteiger partial charge in [0.1, 0.15) is 0 Å². The van der Waals surface area contributed by atoms with Gasteiger partial charge >= 0.3 is 0 Å². The van der Waals surface area contributed by atoms with Gasteiger partial charge in [-0.15, -0.1) is 0 Å². The number of hydrogen-bond acceptors (Lipinski definition) is 4. The van der Waals surface area contributed by atoms with Gasteiger partial charge < -0.3 is 10.6 Å². The second kappa shape index (κ2) is 6.29. The van der Waals surface area contributed by atoms with Crippen molar-refractivity contribution in [2.45, 2.75) is 64.6 Å². The van der Waals surface area contributed by atoms with E-state index in [0.29, 0.717) is 24.2 Å². The van der Waals surface area contributed by atoms with Crippen LogP contribution in [0.25, 0.3) is 5.65 Å². The first kappa shape index (κ1) is 16.3. The largest absolute Gasteiger partial charge is 0.351 e. The number of rotatable bonds is 3. The number of H-pyrrole nitrogens is 1. The van der Waals surface area contributed by atoms with Crippen molar-refractivity contribution in [1.29, 1.82) is 0 Å². The van der Waals surface area contributed by atoms with Crippen LogP contribution in [0.2, 0.25) is 0 Å². The Hall–Kier alpha value is -2.15. The van der Waals surface area contributed by atoms with E-state index in [2.05, 4.69) is 20.7 Å². The molecule has 3 N–H and O–H groups in total. The molecule has 3 atom stereocenters. The fraction of sp³-hybridized carbons (Fsp3) is 0.611. The highest BCUT2D eigenvalue weighted by atomic mass is 16.2. The third-order valence-electron chi connectivity index (χ3n) is 5.82. The molecule has 2 aliphatic rings. The molecule has 1 amide bonds. The highest BCUT2D eigenvalue weighted by Crippen LogP contribution is 2.33. The van der Waals surface area contributed by atoms with Gasteiger partial charge in [-0.1, -0.05) is 12.8 Å². The maximum atomic E-state index is 12.6. The van der Waals surface area contributed by atoms with Gasteiger partial charge in [0.25, 0.3) is 5.56 Å². The lowest BCUT2D eigenvalue weighted by molar-refractivity contribution is -0.123. The lowest BCUT2D eigenvalue weighted by Crippen LogP contribution is -2.43. The zero-order chi connectivity index (χ0) is 17.6. The molecule has 2 aromatic heterocycles. The first-order valence-electron chi connectivity index (χ1n) is 9.14. The molecule has 1 aliphatic heterocycles. The maximum absolute atomic E-state index is 12.6. The van der Waals surface area contributed by atoms with Crippen LogP contribution in [-0.2, 0) is 11.3 Å². The van der Waals surface area contributed by atoms with Crippen molar-refractivity contribution in [2.24, 2.45) is 5.92 Å². The zero-order valence-corrected chi connectivity index (χ0v) is 14.8. The average molecular weight is 343 g/mol. The molecule has 2 fully saturated rings. The van der Waals surface area contributed by atoms with Gasteiger partial charge in [0.2, 0.25) is 5.91 Å². The van der Waals surface area contributed by atoms with E-state index in [1.54, 1.807) is 4.52 Å². The molecule has 1 saturated heterocycles. The minimum atomic E-state index is -0.172. The maximum Gasteiger partial charge on any atom is 0.266 e. The molecule has 2 aromatic rings. The Morgan fingerprint density at radius 3 is 2.96 bits per heavy atom. The van der Waals surface area contributed by atoms with Crippen LogP contribution in [0.4, 0.5) is 0 Å². The third kappa shape index (κ3) is 2.97. The lowest BCUT2D eigenvalue weighted by atomic mass is 9.85. The quantitative estimate of drug-likeness (QED) is 0.780. The number of nitrogens with one attached hydrogen (secondary N) is 3. The number of fused-ring (bicyclic) bond motifs is 2. The van der Waals surface area contributed by atoms with Gasteiger partial charge in [0.05, 0.1) is 6.04 Å². The predicted molar refractivity (Wildman–Crippen MR) is 94.4 cm³/mol. The Labute approximate surface area is 146 Å². The summed E-state index contributed by atoms with van der Waals surface area (Å²) in [5, 5.41) is 9.31. The summed E-state index contributed by atoms with van der Waals surface area (Å²) in [4.78, 5) is 28.6. The number of aromatic amines is 1. The normalized spacial score (nSPS) is 25.9. The van der Waals surface area contributed by atoms with Gasteiger partial charge in [0.15, 0.2) is 5.65 Å². The number of nitrogens with zero attached hydrogens (tertiary/aromatic N) is 2. The summed E-state index contributed by atoms with van der Waals surface area (Å²) in [5.74, 6) is 0.713. The summed E-state index contributed by atoms with van der Waals surface area (Å²) in [6.45, 7) is 4.27. The molecule has 0 spiro atoms. The van der Waals surface area contributed by atoms with E-state index in [-0.39, 0.29) is 17.5 Å². The summed E-state index contributed by atoms with van der Waals surface area (Å²) in [7, 11) is 0. The summed E-state index contributed by atoms with van der Waals surface area (Å²) < 4.78 is 1.68. The number of carbonyl (C=O) groups excluding carboxylic acids is 1. The van der Waals surface area contributed by atoms with Crippen LogP contribution in [0.15, 0.2) is 10.9 Å². The summed E-state index contributed by atoms with van der Waals surface area (Å²) in [6, 6.07) is 1.90. The SMILES string of the molecule is Cc1nc2cc(=O)[nH]n2c(C)c1CNC(=O)C1CC2CCCCC2N1. The van der Waals surface area contributed by atoms with Crippen molar-refractivity contribution in [3.8, 4) is 0 Å². The molecule has 7 nitrogen and oxygen atoms in total. The zero-order valence-electron chi connectivity index (χ0n) is 14.8. The fourth-order valence-electron chi connectivity index (χ4n) is 4.43. The molecule has 25 heavy (non-hydrogen) atoms. The van der Waals surface area contributed by atoms with Gasteiger partial charge in [0, 0.05) is 35.6 Å². The van der Waals surface area contributed by atoms with E-state index in [1.807, 2.05) is 13.8 Å². The van der Waals surface area contributed by atoms with Gasteiger partial charge in [-0.05, 0) is 39.0 Å². The number of aryl methyl sites for hydroxylation is 2. The number of aromatic nitrogens is 3. The minimum absolute atomic E-state index is 0.0642. The van der Waals surface area contributed by atoms with Gasteiger partial charge in [-0.3, -0.25) is 14.7 Å². The summed E-state index contributed by atoms with van der Waals surface area (Å²) >= 11 is 0. The molecular formula is C18H25N5O2. The van der Waals surface area contributed by atoms with E-state index in [0.717, 1.165) is 23.4 Å². The van der Waals surface area contributed by atoms with Gasteiger partial charge in [-0.25, -0.2) is 9.50 Å². The van der Waals surface area contributed by atoms with Crippen LogP contribution in [0, 0.1) is 19.8 Å². The van der Waals surface area contributed by atoms with Crippen molar-refractivity contribution < 1.29 is 4.79 Å². The van der Waals surface area contributed by atoms with E-state index in [1.165, 1.54) is 31.7 Å². The second-order valence-electron chi connectivity index (χ2n) is 7.40. The molecule has 1 aliphatic carbocycles. The van der Waals surface area contributed by atoms with Crippen LogP contribution in [0.3, 0.4) is 0 Å². The van der Waals surface area contributed by atoms with E-state index < -0.39 is 0 Å². The van der Waals surface area contributed by atoms with E-state index in [4.69, 9.17) is 0 Å². The molecule has 4 rings (SSSR count). The Balaban J connectivity index is 1.47. The molecule has 0 aromatic carbocycles. The Kier molecular flexibility index (Phi) is 4.11. The standard InChI is InChI=1S/C18H25N5O2/c1-10-13(11(2)23-16(20-10)8-17(24)22-23)9-19-18(25)15-7-12-5-3-4-6-14(12)21-15/h8,12,14-15,21H,3-7,9H2,1-2H3,(H,19,25)(H,22,24). The van der Waals surface area contributed by atoms with Crippen molar-refractivity contribution in [1.82, 2.24) is 25.2 Å². The van der Waals surface area contributed by atoms with Crippen LogP contribution < -0.4 is 16.2 Å². The Bertz CT molecular complexity index is 854. The average Bonchev–Trinajstić information content (AvgIpc) is 3.17. The van der Waals surface area contributed by atoms with Crippen molar-refractivity contribution >= 4 is 11.6 Å². The lowest BCUT2D eigenvalue weighted by Gasteiger charge is -2.24. The topological polar surface area (TPSA) is 91.3 Å².